The third-order valence-corrected chi connectivity index (χ3v) is 4.46. The summed E-state index contributed by atoms with van der Waals surface area (Å²) >= 11 is 1.86. The molecule has 0 aliphatic carbocycles. The number of hydrogen-bond donors (Lipinski definition) is 1. The number of benzene rings is 1. The van der Waals surface area contributed by atoms with Gasteiger partial charge in [0, 0.05) is 10.1 Å². The minimum Gasteiger partial charge on any atom is -0.494 e. The van der Waals surface area contributed by atoms with Crippen molar-refractivity contribution in [3.05, 3.63) is 24.3 Å². The Morgan fingerprint density at radius 1 is 0.960 bits per heavy atom. The van der Waals surface area contributed by atoms with E-state index in [2.05, 4.69) is 46.8 Å². The number of ether oxygens (including phenoxy) is 1. The number of unbranched alkanes of at least 4 members (excludes halogenated alkanes) is 3. The Kier molecular flexibility index (Phi) is 19.8. The minimum atomic E-state index is 0. The third kappa shape index (κ3) is 18.2. The largest absolute Gasteiger partial charge is 0.494 e. The zero-order valence-corrected chi connectivity index (χ0v) is 18.6. The first-order chi connectivity index (χ1) is 11.5. The smallest absolute Gasteiger partial charge is 0.119 e. The number of hydrogen-bond acceptors (Lipinski definition) is 3. The fourth-order valence-electron chi connectivity index (χ4n) is 2.14. The van der Waals surface area contributed by atoms with Crippen LogP contribution in [0.1, 0.15) is 73.1 Å². The second kappa shape index (κ2) is 18.4. The molecule has 0 bridgehead atoms. The van der Waals surface area contributed by atoms with E-state index < -0.39 is 0 Å². The molecule has 0 amide bonds. The maximum absolute atomic E-state index is 5.52. The Balaban J connectivity index is 0. The van der Waals surface area contributed by atoms with Gasteiger partial charge >= 0.3 is 0 Å². The van der Waals surface area contributed by atoms with Crippen LogP contribution in [0.25, 0.3) is 0 Å². The molecular weight excluding hydrogens is 350 g/mol. The van der Waals surface area contributed by atoms with Crippen molar-refractivity contribution in [3.8, 4) is 5.75 Å². The van der Waals surface area contributed by atoms with E-state index in [1.807, 2.05) is 23.9 Å². The van der Waals surface area contributed by atoms with Crippen LogP contribution in [0, 0.1) is 5.92 Å². The van der Waals surface area contributed by atoms with Gasteiger partial charge in [0.2, 0.25) is 0 Å². The first-order valence-electron chi connectivity index (χ1n) is 9.59. The molecule has 0 heterocycles. The lowest BCUT2D eigenvalue weighted by molar-refractivity contribution is 0.313. The number of halogens is 1. The van der Waals surface area contributed by atoms with Crippen LogP contribution in [0.3, 0.4) is 0 Å². The average Bonchev–Trinajstić information content (AvgIpc) is 2.53. The predicted molar refractivity (Wildman–Crippen MR) is 117 cm³/mol. The summed E-state index contributed by atoms with van der Waals surface area (Å²) < 4.78 is 5.52. The van der Waals surface area contributed by atoms with Crippen molar-refractivity contribution >= 4 is 24.2 Å². The molecule has 0 fully saturated rings. The highest BCUT2D eigenvalue weighted by Crippen LogP contribution is 2.24. The molecule has 148 valence electrons. The van der Waals surface area contributed by atoms with Gasteiger partial charge in [-0.3, -0.25) is 0 Å². The highest BCUT2D eigenvalue weighted by atomic mass is 35.5. The Morgan fingerprint density at radius 3 is 2.08 bits per heavy atom. The van der Waals surface area contributed by atoms with Gasteiger partial charge in [-0.2, -0.15) is 0 Å². The normalized spacial score (nSPS) is 10.2. The quantitative estimate of drug-likeness (QED) is 0.328. The number of nitrogens with two attached hydrogens (primary N) is 1. The molecule has 4 heteroatoms. The lowest BCUT2D eigenvalue weighted by Gasteiger charge is -2.07. The van der Waals surface area contributed by atoms with Crippen molar-refractivity contribution in [3.63, 3.8) is 0 Å². The SMILES string of the molecule is CC(C)Sc1ccc(OCCCN)cc1.CCCCCCC(C)C.Cl. The highest BCUT2D eigenvalue weighted by Gasteiger charge is 1.98. The fraction of sp³-hybridized carbons (Fsp3) is 0.714. The minimum absolute atomic E-state index is 0. The van der Waals surface area contributed by atoms with Crippen LogP contribution < -0.4 is 10.5 Å². The predicted octanol–water partition coefficient (Wildman–Crippen LogP) is 6.95. The Labute approximate surface area is 167 Å². The van der Waals surface area contributed by atoms with Crippen LogP contribution in [0.4, 0.5) is 0 Å². The van der Waals surface area contributed by atoms with E-state index >= 15 is 0 Å². The lowest BCUT2D eigenvalue weighted by atomic mass is 10.1. The third-order valence-electron chi connectivity index (χ3n) is 3.45. The van der Waals surface area contributed by atoms with Gasteiger partial charge in [-0.1, -0.05) is 66.7 Å². The molecule has 2 N–H and O–H groups in total. The molecule has 0 unspecified atom stereocenters. The maximum Gasteiger partial charge on any atom is 0.119 e. The Morgan fingerprint density at radius 2 is 1.60 bits per heavy atom. The summed E-state index contributed by atoms with van der Waals surface area (Å²) in [4.78, 5) is 1.29. The molecule has 0 aliphatic rings. The first kappa shape index (κ1) is 26.8. The Hall–Kier alpha value is -0.380. The van der Waals surface area contributed by atoms with Crippen LogP contribution in [-0.4, -0.2) is 18.4 Å². The van der Waals surface area contributed by atoms with Crippen molar-refractivity contribution in [1.82, 2.24) is 0 Å². The van der Waals surface area contributed by atoms with Crippen LogP contribution >= 0.6 is 24.2 Å². The molecular formula is C21H40ClNOS. The van der Waals surface area contributed by atoms with Gasteiger partial charge < -0.3 is 10.5 Å². The summed E-state index contributed by atoms with van der Waals surface area (Å²) in [5.41, 5.74) is 5.39. The summed E-state index contributed by atoms with van der Waals surface area (Å²) in [6, 6.07) is 8.23. The average molecular weight is 390 g/mol. The van der Waals surface area contributed by atoms with Crippen LogP contribution in [0.5, 0.6) is 5.75 Å². The van der Waals surface area contributed by atoms with E-state index in [1.165, 1.54) is 37.0 Å². The molecule has 1 rings (SSSR count). The van der Waals surface area contributed by atoms with Gasteiger partial charge in [-0.25, -0.2) is 0 Å². The van der Waals surface area contributed by atoms with Crippen molar-refractivity contribution in [2.45, 2.75) is 83.3 Å². The van der Waals surface area contributed by atoms with Crippen molar-refractivity contribution in [2.24, 2.45) is 11.7 Å². The molecule has 0 aromatic heterocycles. The zero-order valence-electron chi connectivity index (χ0n) is 16.9. The van der Waals surface area contributed by atoms with Gasteiger partial charge in [-0.05, 0) is 43.1 Å². The molecule has 25 heavy (non-hydrogen) atoms. The first-order valence-corrected chi connectivity index (χ1v) is 10.5. The maximum atomic E-state index is 5.52. The summed E-state index contributed by atoms with van der Waals surface area (Å²) in [7, 11) is 0. The summed E-state index contributed by atoms with van der Waals surface area (Å²) in [5.74, 6) is 1.83. The van der Waals surface area contributed by atoms with Crippen molar-refractivity contribution < 1.29 is 4.74 Å². The molecule has 0 radical (unpaired) electrons. The van der Waals surface area contributed by atoms with Gasteiger partial charge in [0.15, 0.2) is 0 Å². The van der Waals surface area contributed by atoms with Gasteiger partial charge in [0.05, 0.1) is 6.61 Å². The molecule has 1 aromatic carbocycles. The summed E-state index contributed by atoms with van der Waals surface area (Å²) in [5, 5.41) is 0.619. The van der Waals surface area contributed by atoms with Crippen LogP contribution in [0.15, 0.2) is 29.2 Å². The standard InChI is InChI=1S/C12H19NOS.C9H20.ClH/c1-10(2)15-12-6-4-11(5-7-12)14-9-3-8-13;1-4-5-6-7-8-9(2)3;/h4-7,10H,3,8-9,13H2,1-2H3;9H,4-8H2,1-3H3;1H. The van der Waals surface area contributed by atoms with Gasteiger partial charge in [-0.15, -0.1) is 24.2 Å². The van der Waals surface area contributed by atoms with E-state index in [0.29, 0.717) is 18.4 Å². The van der Waals surface area contributed by atoms with Gasteiger partial charge in [0.25, 0.3) is 0 Å². The van der Waals surface area contributed by atoms with Crippen molar-refractivity contribution in [1.29, 1.82) is 0 Å². The molecule has 0 aliphatic heterocycles. The van der Waals surface area contributed by atoms with E-state index in [4.69, 9.17) is 10.5 Å². The molecule has 0 saturated heterocycles. The van der Waals surface area contributed by atoms with Crippen LogP contribution in [0.2, 0.25) is 0 Å². The van der Waals surface area contributed by atoms with E-state index in [0.717, 1.165) is 18.1 Å². The van der Waals surface area contributed by atoms with E-state index in [-0.39, 0.29) is 12.4 Å². The van der Waals surface area contributed by atoms with Crippen LogP contribution in [-0.2, 0) is 0 Å². The van der Waals surface area contributed by atoms with E-state index in [1.54, 1.807) is 0 Å². The fourth-order valence-corrected chi connectivity index (χ4v) is 2.98. The molecule has 2 nitrogen and oxygen atoms in total. The molecule has 0 atom stereocenters. The Bertz CT molecular complexity index is 382. The zero-order chi connectivity index (χ0) is 18.2. The number of rotatable bonds is 11. The monoisotopic (exact) mass is 389 g/mol. The second-order valence-corrected chi connectivity index (χ2v) is 8.52. The molecule has 0 spiro atoms. The van der Waals surface area contributed by atoms with Crippen molar-refractivity contribution in [2.75, 3.05) is 13.2 Å². The van der Waals surface area contributed by atoms with Gasteiger partial charge in [0.1, 0.15) is 5.75 Å². The number of thioether (sulfide) groups is 1. The summed E-state index contributed by atoms with van der Waals surface area (Å²) in [6.07, 6.45) is 7.98. The molecule has 1 aromatic rings. The topological polar surface area (TPSA) is 35.2 Å². The highest BCUT2D eigenvalue weighted by molar-refractivity contribution is 7.99. The lowest BCUT2D eigenvalue weighted by Crippen LogP contribution is -2.05. The molecule has 0 saturated carbocycles. The van der Waals surface area contributed by atoms with E-state index in [9.17, 15) is 0 Å². The second-order valence-electron chi connectivity index (χ2n) is 6.87. The summed E-state index contributed by atoms with van der Waals surface area (Å²) in [6.45, 7) is 12.6.